The second-order valence-corrected chi connectivity index (χ2v) is 5.65. The molecule has 1 aliphatic rings. The number of hydrogen-bond acceptors (Lipinski definition) is 3. The molecule has 0 aliphatic carbocycles. The number of nitrogens with one attached hydrogen (secondary N) is 1. The van der Waals surface area contributed by atoms with Crippen molar-refractivity contribution >= 4 is 22.6 Å². The van der Waals surface area contributed by atoms with Crippen molar-refractivity contribution in [3.8, 4) is 11.3 Å². The molecule has 22 heavy (non-hydrogen) atoms. The summed E-state index contributed by atoms with van der Waals surface area (Å²) < 4.78 is 0. The molecule has 0 atom stereocenters. The topological polar surface area (TPSA) is 69.2 Å². The predicted octanol–water partition coefficient (Wildman–Crippen LogP) is 2.92. The van der Waals surface area contributed by atoms with Gasteiger partial charge in [0.05, 0.1) is 16.8 Å². The minimum Gasteiger partial charge on any atom is -0.478 e. The summed E-state index contributed by atoms with van der Waals surface area (Å²) in [6, 6.07) is 11.3. The number of aromatic amines is 1. The zero-order valence-electron chi connectivity index (χ0n) is 12.1. The molecule has 3 aromatic rings. The largest absolute Gasteiger partial charge is 0.478 e. The van der Waals surface area contributed by atoms with Gasteiger partial charge in [0.25, 0.3) is 0 Å². The first-order valence-corrected chi connectivity index (χ1v) is 7.19. The van der Waals surface area contributed by atoms with Gasteiger partial charge in [-0.1, -0.05) is 6.07 Å². The van der Waals surface area contributed by atoms with Gasteiger partial charge in [-0.15, -0.1) is 0 Å². The molecular weight excluding hydrogens is 278 g/mol. The molecule has 1 aromatic heterocycles. The third-order valence-electron chi connectivity index (χ3n) is 4.29. The highest BCUT2D eigenvalue weighted by Crippen LogP contribution is 2.33. The van der Waals surface area contributed by atoms with E-state index in [2.05, 4.69) is 34.3 Å². The van der Waals surface area contributed by atoms with Gasteiger partial charge < -0.3 is 10.0 Å². The molecule has 0 amide bonds. The van der Waals surface area contributed by atoms with E-state index >= 15 is 0 Å². The van der Waals surface area contributed by atoms with Crippen LogP contribution >= 0.6 is 0 Å². The van der Waals surface area contributed by atoms with Crippen LogP contribution in [0.5, 0.6) is 0 Å². The van der Waals surface area contributed by atoms with Crippen molar-refractivity contribution in [2.75, 3.05) is 18.5 Å². The Morgan fingerprint density at radius 1 is 1.27 bits per heavy atom. The minimum atomic E-state index is -0.926. The first-order chi connectivity index (χ1) is 10.6. The Morgan fingerprint density at radius 2 is 2.14 bits per heavy atom. The maximum Gasteiger partial charge on any atom is 0.335 e. The molecule has 2 N–H and O–H groups in total. The van der Waals surface area contributed by atoms with Gasteiger partial charge in [0.1, 0.15) is 0 Å². The van der Waals surface area contributed by atoms with Crippen LogP contribution in [0.1, 0.15) is 15.9 Å². The molecule has 4 rings (SSSR count). The van der Waals surface area contributed by atoms with Crippen LogP contribution in [-0.4, -0.2) is 34.9 Å². The zero-order valence-corrected chi connectivity index (χ0v) is 12.1. The minimum absolute atomic E-state index is 0.274. The third kappa shape index (κ3) is 1.86. The van der Waals surface area contributed by atoms with Crippen LogP contribution in [0.15, 0.2) is 36.4 Å². The summed E-state index contributed by atoms with van der Waals surface area (Å²) in [6.45, 7) is 1.03. The Hall–Kier alpha value is -2.82. The number of fused-ring (bicyclic) bond motifs is 2. The molecule has 0 fully saturated rings. The van der Waals surface area contributed by atoms with Crippen LogP contribution in [0.25, 0.3) is 22.2 Å². The molecule has 0 saturated heterocycles. The average Bonchev–Trinajstić information content (AvgIpc) is 3.10. The predicted molar refractivity (Wildman–Crippen MR) is 85.5 cm³/mol. The quantitative estimate of drug-likeness (QED) is 0.762. The van der Waals surface area contributed by atoms with E-state index in [1.165, 1.54) is 11.3 Å². The molecule has 0 unspecified atom stereocenters. The molecule has 1 aliphatic heterocycles. The number of aromatic nitrogens is 2. The number of rotatable bonds is 2. The van der Waals surface area contributed by atoms with Crippen molar-refractivity contribution in [3.05, 3.63) is 47.5 Å². The summed E-state index contributed by atoms with van der Waals surface area (Å²) in [5.41, 5.74) is 5.51. The average molecular weight is 293 g/mol. The lowest BCUT2D eigenvalue weighted by molar-refractivity contribution is 0.0697. The molecule has 110 valence electrons. The van der Waals surface area contributed by atoms with Gasteiger partial charge in [0.2, 0.25) is 0 Å². The second kappa shape index (κ2) is 4.59. The summed E-state index contributed by atoms with van der Waals surface area (Å²) >= 11 is 0. The fourth-order valence-electron chi connectivity index (χ4n) is 3.08. The van der Waals surface area contributed by atoms with E-state index in [1.807, 2.05) is 6.07 Å². The smallest absolute Gasteiger partial charge is 0.335 e. The van der Waals surface area contributed by atoms with E-state index in [0.29, 0.717) is 0 Å². The first-order valence-electron chi connectivity index (χ1n) is 7.19. The Balaban J connectivity index is 1.87. The van der Waals surface area contributed by atoms with Gasteiger partial charge in [0, 0.05) is 30.2 Å². The van der Waals surface area contributed by atoms with Gasteiger partial charge >= 0.3 is 5.97 Å². The highest BCUT2D eigenvalue weighted by molar-refractivity contribution is 5.99. The molecule has 0 radical (unpaired) electrons. The molecule has 2 heterocycles. The summed E-state index contributed by atoms with van der Waals surface area (Å²) in [6.07, 6.45) is 1.03. The molecular formula is C17H15N3O2. The van der Waals surface area contributed by atoms with Gasteiger partial charge in [-0.3, -0.25) is 5.10 Å². The number of nitrogens with zero attached hydrogens (tertiary/aromatic N) is 2. The number of likely N-dealkylation sites (N-methyl/N-ethyl adjacent to an activating group) is 1. The number of carboxylic acids is 1. The highest BCUT2D eigenvalue weighted by Gasteiger charge is 2.18. The number of H-pyrrole nitrogens is 1. The maximum atomic E-state index is 11.2. The zero-order chi connectivity index (χ0) is 15.3. The van der Waals surface area contributed by atoms with E-state index in [4.69, 9.17) is 5.11 Å². The van der Waals surface area contributed by atoms with E-state index in [1.54, 1.807) is 18.2 Å². The van der Waals surface area contributed by atoms with Crippen LogP contribution in [0, 0.1) is 0 Å². The van der Waals surface area contributed by atoms with Crippen molar-refractivity contribution in [1.29, 1.82) is 0 Å². The third-order valence-corrected chi connectivity index (χ3v) is 4.29. The SMILES string of the molecule is CN1CCc2cc(-c3n[nH]c4ccc(C(=O)O)cc34)ccc21. The second-order valence-electron chi connectivity index (χ2n) is 5.65. The summed E-state index contributed by atoms with van der Waals surface area (Å²) in [4.78, 5) is 13.4. The van der Waals surface area contributed by atoms with E-state index in [9.17, 15) is 4.79 Å². The number of benzene rings is 2. The number of carbonyl (C=O) groups is 1. The van der Waals surface area contributed by atoms with Crippen LogP contribution < -0.4 is 4.90 Å². The summed E-state index contributed by atoms with van der Waals surface area (Å²) in [5, 5.41) is 17.4. The Labute approximate surface area is 127 Å². The van der Waals surface area contributed by atoms with E-state index < -0.39 is 5.97 Å². The van der Waals surface area contributed by atoms with Crippen LogP contribution in [0.4, 0.5) is 5.69 Å². The Kier molecular flexibility index (Phi) is 2.69. The number of aromatic carboxylic acids is 1. The van der Waals surface area contributed by atoms with Gasteiger partial charge in [-0.05, 0) is 42.3 Å². The number of anilines is 1. The first kappa shape index (κ1) is 12.9. The normalized spacial score (nSPS) is 13.6. The fraction of sp³-hybridized carbons (Fsp3) is 0.176. The monoisotopic (exact) mass is 293 g/mol. The van der Waals surface area contributed by atoms with Crippen molar-refractivity contribution in [2.45, 2.75) is 6.42 Å². The number of carboxylic acid groups (broad SMARTS) is 1. The molecule has 5 nitrogen and oxygen atoms in total. The molecule has 2 aromatic carbocycles. The van der Waals surface area contributed by atoms with Crippen molar-refractivity contribution in [2.24, 2.45) is 0 Å². The van der Waals surface area contributed by atoms with E-state index in [-0.39, 0.29) is 5.56 Å². The van der Waals surface area contributed by atoms with Crippen LogP contribution in [0.2, 0.25) is 0 Å². The lowest BCUT2D eigenvalue weighted by Crippen LogP contribution is -2.12. The summed E-state index contributed by atoms with van der Waals surface area (Å²) in [7, 11) is 2.09. The molecule has 0 bridgehead atoms. The molecule has 0 saturated carbocycles. The van der Waals surface area contributed by atoms with Gasteiger partial charge in [-0.2, -0.15) is 5.10 Å². The van der Waals surface area contributed by atoms with Crippen molar-refractivity contribution in [3.63, 3.8) is 0 Å². The lowest BCUT2D eigenvalue weighted by atomic mass is 10.0. The highest BCUT2D eigenvalue weighted by atomic mass is 16.4. The Bertz CT molecular complexity index is 898. The fourth-order valence-corrected chi connectivity index (χ4v) is 3.08. The van der Waals surface area contributed by atoms with Crippen molar-refractivity contribution < 1.29 is 9.90 Å². The van der Waals surface area contributed by atoms with E-state index in [0.717, 1.165) is 35.1 Å². The maximum absolute atomic E-state index is 11.2. The van der Waals surface area contributed by atoms with Gasteiger partial charge in [-0.25, -0.2) is 4.79 Å². The standard InChI is InChI=1S/C17H15N3O2/c1-20-7-6-10-8-11(3-5-15(10)20)16-13-9-12(17(21)22)2-4-14(13)18-19-16/h2-5,8-9H,6-7H2,1H3,(H,18,19)(H,21,22). The van der Waals surface area contributed by atoms with Gasteiger partial charge in [0.15, 0.2) is 0 Å². The van der Waals surface area contributed by atoms with Crippen LogP contribution in [-0.2, 0) is 6.42 Å². The Morgan fingerprint density at radius 3 is 2.95 bits per heavy atom. The molecule has 0 spiro atoms. The summed E-state index contributed by atoms with van der Waals surface area (Å²) in [5.74, 6) is -0.926. The number of hydrogen-bond donors (Lipinski definition) is 2. The van der Waals surface area contributed by atoms with Crippen molar-refractivity contribution in [1.82, 2.24) is 10.2 Å². The lowest BCUT2D eigenvalue weighted by Gasteiger charge is -2.11. The van der Waals surface area contributed by atoms with Crippen LogP contribution in [0.3, 0.4) is 0 Å². The molecule has 5 heteroatoms.